The second-order valence-corrected chi connectivity index (χ2v) is 8.98. The molecule has 0 aliphatic carbocycles. The summed E-state index contributed by atoms with van der Waals surface area (Å²) in [4.78, 5) is 14.4. The molecule has 2 heteroatoms. The quantitative estimate of drug-likeness (QED) is 0.641. The molecule has 144 valence electrons. The molecule has 2 nitrogen and oxygen atoms in total. The first kappa shape index (κ1) is 19.7. The van der Waals surface area contributed by atoms with Crippen LogP contribution in [0.4, 0.5) is 5.69 Å². The van der Waals surface area contributed by atoms with Crippen LogP contribution >= 0.6 is 0 Å². The fourth-order valence-electron chi connectivity index (χ4n) is 4.52. The Morgan fingerprint density at radius 1 is 1.11 bits per heavy atom. The topological polar surface area (TPSA) is 20.3 Å². The largest absolute Gasteiger partial charge is 0.312 e. The predicted octanol–water partition coefficient (Wildman–Crippen LogP) is 6.12. The van der Waals surface area contributed by atoms with Gasteiger partial charge in [0.25, 0.3) is 0 Å². The molecular formula is C25H33NO. The summed E-state index contributed by atoms with van der Waals surface area (Å²) >= 11 is 0. The van der Waals surface area contributed by atoms with Gasteiger partial charge in [0.2, 0.25) is 5.91 Å². The molecule has 1 heterocycles. The van der Waals surface area contributed by atoms with Gasteiger partial charge in [-0.25, -0.2) is 0 Å². The van der Waals surface area contributed by atoms with E-state index in [9.17, 15) is 4.79 Å². The van der Waals surface area contributed by atoms with Gasteiger partial charge in [-0.15, -0.1) is 0 Å². The molecule has 1 unspecified atom stereocenters. The maximum absolute atomic E-state index is 12.4. The highest BCUT2D eigenvalue weighted by atomic mass is 16.2. The van der Waals surface area contributed by atoms with E-state index >= 15 is 0 Å². The number of anilines is 1. The Hall–Kier alpha value is -2.09. The third-order valence-electron chi connectivity index (χ3n) is 5.76. The predicted molar refractivity (Wildman–Crippen MR) is 115 cm³/mol. The lowest BCUT2D eigenvalue weighted by molar-refractivity contribution is -0.116. The van der Waals surface area contributed by atoms with Gasteiger partial charge in [0, 0.05) is 13.5 Å². The van der Waals surface area contributed by atoms with Crippen LogP contribution in [0.2, 0.25) is 0 Å². The summed E-state index contributed by atoms with van der Waals surface area (Å²) in [6.07, 6.45) is 4.09. The second kappa shape index (κ2) is 7.88. The molecule has 0 saturated carbocycles. The third-order valence-corrected chi connectivity index (χ3v) is 5.76. The van der Waals surface area contributed by atoms with Crippen LogP contribution in [-0.2, 0) is 17.6 Å². The highest BCUT2D eigenvalue weighted by Crippen LogP contribution is 2.47. The van der Waals surface area contributed by atoms with Gasteiger partial charge < -0.3 is 4.90 Å². The van der Waals surface area contributed by atoms with Crippen molar-refractivity contribution in [3.63, 3.8) is 0 Å². The molecule has 0 N–H and O–H groups in total. The molecular weight excluding hydrogens is 330 g/mol. The molecule has 0 radical (unpaired) electrons. The minimum atomic E-state index is 0.164. The van der Waals surface area contributed by atoms with Gasteiger partial charge >= 0.3 is 0 Å². The normalized spacial score (nSPS) is 16.9. The zero-order valence-electron chi connectivity index (χ0n) is 17.5. The van der Waals surface area contributed by atoms with E-state index in [2.05, 4.69) is 70.2 Å². The van der Waals surface area contributed by atoms with E-state index in [-0.39, 0.29) is 11.3 Å². The van der Waals surface area contributed by atoms with Crippen molar-refractivity contribution in [1.82, 2.24) is 0 Å². The summed E-state index contributed by atoms with van der Waals surface area (Å²) in [7, 11) is 0. The van der Waals surface area contributed by atoms with Crippen molar-refractivity contribution in [3.05, 3.63) is 64.7 Å². The maximum atomic E-state index is 12.4. The van der Waals surface area contributed by atoms with Crippen molar-refractivity contribution >= 4 is 11.6 Å². The molecule has 2 aromatic rings. The molecule has 27 heavy (non-hydrogen) atoms. The van der Waals surface area contributed by atoms with Crippen molar-refractivity contribution in [3.8, 4) is 0 Å². The van der Waals surface area contributed by atoms with Gasteiger partial charge in [-0.1, -0.05) is 76.6 Å². The Balaban J connectivity index is 2.14. The van der Waals surface area contributed by atoms with Crippen LogP contribution in [-0.4, -0.2) is 12.5 Å². The lowest BCUT2D eigenvalue weighted by atomic mass is 9.71. The molecule has 0 saturated heterocycles. The number of amides is 1. The minimum Gasteiger partial charge on any atom is -0.312 e. The Morgan fingerprint density at radius 2 is 1.81 bits per heavy atom. The van der Waals surface area contributed by atoms with E-state index in [1.54, 1.807) is 6.92 Å². The van der Waals surface area contributed by atoms with Gasteiger partial charge in [0.05, 0.1) is 5.69 Å². The van der Waals surface area contributed by atoms with Crippen LogP contribution in [0.25, 0.3) is 0 Å². The summed E-state index contributed by atoms with van der Waals surface area (Å²) in [5.74, 6) is 0.645. The minimum absolute atomic E-state index is 0.164. The van der Waals surface area contributed by atoms with Crippen molar-refractivity contribution in [2.75, 3.05) is 11.4 Å². The number of carbonyl (C=O) groups is 1. The highest BCUT2D eigenvalue weighted by molar-refractivity contribution is 5.94. The number of hydrogen-bond donors (Lipinski definition) is 0. The Labute approximate surface area is 164 Å². The average molecular weight is 364 g/mol. The summed E-state index contributed by atoms with van der Waals surface area (Å²) in [6.45, 7) is 11.7. The van der Waals surface area contributed by atoms with E-state index in [0.29, 0.717) is 5.92 Å². The lowest BCUT2D eigenvalue weighted by Crippen LogP contribution is -2.38. The molecule has 3 rings (SSSR count). The van der Waals surface area contributed by atoms with Crippen LogP contribution in [0.15, 0.2) is 42.5 Å². The number of carbonyl (C=O) groups excluding carboxylic acids is 1. The number of aryl methyl sites for hydroxylation is 1. The molecule has 2 aromatic carbocycles. The van der Waals surface area contributed by atoms with E-state index in [4.69, 9.17) is 0 Å². The monoisotopic (exact) mass is 363 g/mol. The number of nitrogens with zero attached hydrogens (tertiary/aromatic N) is 1. The van der Waals surface area contributed by atoms with Gasteiger partial charge in [0.15, 0.2) is 0 Å². The fourth-order valence-corrected chi connectivity index (χ4v) is 4.52. The highest BCUT2D eigenvalue weighted by Gasteiger charge is 2.35. The van der Waals surface area contributed by atoms with Crippen LogP contribution in [0.5, 0.6) is 0 Å². The van der Waals surface area contributed by atoms with Crippen molar-refractivity contribution in [1.29, 1.82) is 0 Å². The molecule has 1 atom stereocenters. The summed E-state index contributed by atoms with van der Waals surface area (Å²) in [6, 6.07) is 15.4. The zero-order valence-corrected chi connectivity index (χ0v) is 17.5. The second-order valence-electron chi connectivity index (χ2n) is 8.98. The number of hydrogen-bond acceptors (Lipinski definition) is 1. The van der Waals surface area contributed by atoms with Gasteiger partial charge in [-0.2, -0.15) is 0 Å². The first-order chi connectivity index (χ1) is 12.8. The zero-order chi connectivity index (χ0) is 19.6. The average Bonchev–Trinajstić information content (AvgIpc) is 2.61. The summed E-state index contributed by atoms with van der Waals surface area (Å²) in [5, 5.41) is 0. The molecule has 0 fully saturated rings. The Morgan fingerprint density at radius 3 is 2.41 bits per heavy atom. The Kier molecular flexibility index (Phi) is 5.74. The van der Waals surface area contributed by atoms with E-state index in [1.807, 2.05) is 4.90 Å². The first-order valence-electron chi connectivity index (χ1n) is 10.3. The molecule has 0 spiro atoms. The number of rotatable bonds is 4. The van der Waals surface area contributed by atoms with Crippen LogP contribution < -0.4 is 4.90 Å². The lowest BCUT2D eigenvalue weighted by Gasteiger charge is -2.41. The van der Waals surface area contributed by atoms with Crippen molar-refractivity contribution in [2.45, 2.75) is 66.2 Å². The van der Waals surface area contributed by atoms with Gasteiger partial charge in [-0.3, -0.25) is 4.79 Å². The van der Waals surface area contributed by atoms with E-state index < -0.39 is 0 Å². The molecule has 1 aliphatic rings. The van der Waals surface area contributed by atoms with Crippen LogP contribution in [0.3, 0.4) is 0 Å². The molecule has 0 bridgehead atoms. The Bertz CT molecular complexity index is 801. The van der Waals surface area contributed by atoms with Crippen LogP contribution in [0, 0.1) is 5.41 Å². The van der Waals surface area contributed by atoms with E-state index in [0.717, 1.165) is 32.2 Å². The molecule has 0 aromatic heterocycles. The summed E-state index contributed by atoms with van der Waals surface area (Å²) in [5.41, 5.74) is 6.81. The van der Waals surface area contributed by atoms with Crippen LogP contribution in [0.1, 0.15) is 75.6 Å². The van der Waals surface area contributed by atoms with Crippen molar-refractivity contribution < 1.29 is 4.79 Å². The number of fused-ring (bicyclic) bond motifs is 1. The molecule has 1 amide bonds. The third kappa shape index (κ3) is 4.26. The smallest absolute Gasteiger partial charge is 0.223 e. The first-order valence-corrected chi connectivity index (χ1v) is 10.3. The fraction of sp³-hybridized carbons (Fsp3) is 0.480. The SMILES string of the molecule is CCCc1cc(Cc2ccccc2)cc2c1N(C(C)=O)CCC2C(C)(C)C. The van der Waals surface area contributed by atoms with Crippen molar-refractivity contribution in [2.24, 2.45) is 5.41 Å². The molecule has 1 aliphatic heterocycles. The maximum Gasteiger partial charge on any atom is 0.223 e. The van der Waals surface area contributed by atoms with E-state index in [1.165, 1.54) is 27.9 Å². The van der Waals surface area contributed by atoms with Gasteiger partial charge in [0.1, 0.15) is 0 Å². The van der Waals surface area contributed by atoms with Gasteiger partial charge in [-0.05, 0) is 52.8 Å². The number of benzene rings is 2. The summed E-state index contributed by atoms with van der Waals surface area (Å²) < 4.78 is 0. The standard InChI is InChI=1S/C25H33NO/c1-6-10-21-16-20(15-19-11-8-7-9-12-19)17-22-23(25(3,4)5)13-14-26(18(2)27)24(21)22/h7-9,11-12,16-17,23H,6,10,13-15H2,1-5H3.